The van der Waals surface area contributed by atoms with Crippen LogP contribution in [0, 0.1) is 0 Å². The first kappa shape index (κ1) is 20.3. The largest absolute Gasteiger partial charge is 0.468 e. The Hall–Kier alpha value is -2.77. The Balaban J connectivity index is 3.02. The van der Waals surface area contributed by atoms with Crippen LogP contribution in [0.5, 0.6) is 0 Å². The number of nitrogen functional groups attached to an aromatic ring is 1. The summed E-state index contributed by atoms with van der Waals surface area (Å²) in [4.78, 5) is 36.6. The van der Waals surface area contributed by atoms with E-state index in [2.05, 4.69) is 9.47 Å². The monoisotopic (exact) mass is 352 g/mol. The lowest BCUT2D eigenvalue weighted by Gasteiger charge is -2.27. The summed E-state index contributed by atoms with van der Waals surface area (Å²) >= 11 is 0. The number of anilines is 1. The summed E-state index contributed by atoms with van der Waals surface area (Å²) in [5.74, 6) is -1.10. The number of ether oxygens (including phenoxy) is 3. The molecule has 0 atom stereocenters. The molecule has 8 nitrogen and oxygen atoms in total. The molecule has 0 unspecified atom stereocenters. The molecule has 0 aromatic heterocycles. The summed E-state index contributed by atoms with van der Waals surface area (Å²) in [6.45, 7) is 4.91. The second-order valence-corrected chi connectivity index (χ2v) is 6.32. The van der Waals surface area contributed by atoms with Crippen molar-refractivity contribution in [1.82, 2.24) is 4.90 Å². The summed E-state index contributed by atoms with van der Waals surface area (Å²) in [5.41, 5.74) is 6.38. The van der Waals surface area contributed by atoms with Crippen LogP contribution in [0.1, 0.15) is 36.7 Å². The SMILES string of the molecule is COC(=O)CN(Cc1ccc(C(=O)OC)cc1N)C(=O)OC(C)(C)C. The maximum atomic E-state index is 12.3. The summed E-state index contributed by atoms with van der Waals surface area (Å²) in [6.07, 6.45) is -0.672. The van der Waals surface area contributed by atoms with Gasteiger partial charge in [0.2, 0.25) is 0 Å². The smallest absolute Gasteiger partial charge is 0.411 e. The standard InChI is InChI=1S/C17H24N2O6/c1-17(2,3)25-16(22)19(10-14(20)23-4)9-12-7-6-11(8-13(12)18)15(21)24-5/h6-8H,9-10,18H2,1-5H3. The fourth-order valence-corrected chi connectivity index (χ4v) is 1.92. The first-order valence-corrected chi connectivity index (χ1v) is 7.59. The number of rotatable bonds is 5. The molecular weight excluding hydrogens is 328 g/mol. The minimum Gasteiger partial charge on any atom is -0.468 e. The van der Waals surface area contributed by atoms with Gasteiger partial charge in [0.1, 0.15) is 12.1 Å². The quantitative estimate of drug-likeness (QED) is 0.490. The van der Waals surface area contributed by atoms with E-state index in [1.165, 1.54) is 31.3 Å². The number of nitrogens with two attached hydrogens (primary N) is 1. The lowest BCUT2D eigenvalue weighted by molar-refractivity contribution is -0.142. The number of hydrogen-bond donors (Lipinski definition) is 1. The van der Waals surface area contributed by atoms with Gasteiger partial charge in [0.25, 0.3) is 0 Å². The number of benzene rings is 1. The number of carbonyl (C=O) groups is 3. The highest BCUT2D eigenvalue weighted by molar-refractivity contribution is 5.90. The van der Waals surface area contributed by atoms with Crippen molar-refractivity contribution in [3.63, 3.8) is 0 Å². The fourth-order valence-electron chi connectivity index (χ4n) is 1.92. The molecular formula is C17H24N2O6. The number of hydrogen-bond acceptors (Lipinski definition) is 7. The third kappa shape index (κ3) is 6.33. The van der Waals surface area contributed by atoms with Crippen LogP contribution in [-0.4, -0.2) is 49.3 Å². The van der Waals surface area contributed by atoms with Gasteiger partial charge in [-0.3, -0.25) is 9.69 Å². The van der Waals surface area contributed by atoms with Gasteiger partial charge in [-0.05, 0) is 38.5 Å². The molecule has 0 spiro atoms. The van der Waals surface area contributed by atoms with Crippen molar-refractivity contribution >= 4 is 23.7 Å². The molecule has 25 heavy (non-hydrogen) atoms. The number of esters is 2. The van der Waals surface area contributed by atoms with E-state index in [9.17, 15) is 14.4 Å². The van der Waals surface area contributed by atoms with Gasteiger partial charge in [-0.25, -0.2) is 9.59 Å². The van der Waals surface area contributed by atoms with E-state index in [4.69, 9.17) is 10.5 Å². The summed E-state index contributed by atoms with van der Waals surface area (Å²) in [5, 5.41) is 0. The van der Waals surface area contributed by atoms with E-state index >= 15 is 0 Å². The minimum atomic E-state index is -0.717. The van der Waals surface area contributed by atoms with Gasteiger partial charge in [-0.15, -0.1) is 0 Å². The molecule has 1 aromatic carbocycles. The van der Waals surface area contributed by atoms with Crippen LogP contribution >= 0.6 is 0 Å². The molecule has 138 valence electrons. The van der Waals surface area contributed by atoms with E-state index in [1.54, 1.807) is 26.8 Å². The molecule has 0 aliphatic heterocycles. The van der Waals surface area contributed by atoms with Crippen molar-refractivity contribution < 1.29 is 28.6 Å². The van der Waals surface area contributed by atoms with Crippen molar-refractivity contribution in [3.05, 3.63) is 29.3 Å². The molecule has 0 aliphatic rings. The van der Waals surface area contributed by atoms with Gasteiger partial charge in [0.15, 0.2) is 0 Å². The second-order valence-electron chi connectivity index (χ2n) is 6.32. The van der Waals surface area contributed by atoms with E-state index in [0.29, 0.717) is 16.8 Å². The van der Waals surface area contributed by atoms with Gasteiger partial charge < -0.3 is 19.9 Å². The zero-order valence-corrected chi connectivity index (χ0v) is 15.1. The van der Waals surface area contributed by atoms with Gasteiger partial charge in [-0.2, -0.15) is 0 Å². The van der Waals surface area contributed by atoms with E-state index in [0.717, 1.165) is 0 Å². The Morgan fingerprint density at radius 2 is 1.76 bits per heavy atom. The molecule has 0 aliphatic carbocycles. The van der Waals surface area contributed by atoms with Crippen molar-refractivity contribution in [3.8, 4) is 0 Å². The third-order valence-electron chi connectivity index (χ3n) is 3.13. The first-order valence-electron chi connectivity index (χ1n) is 7.59. The van der Waals surface area contributed by atoms with E-state index in [1.807, 2.05) is 0 Å². The number of methoxy groups -OCH3 is 2. The van der Waals surface area contributed by atoms with E-state index in [-0.39, 0.29) is 13.1 Å². The molecule has 1 rings (SSSR count). The predicted octanol–water partition coefficient (Wildman–Crippen LogP) is 1.97. The maximum Gasteiger partial charge on any atom is 0.411 e. The average Bonchev–Trinajstić information content (AvgIpc) is 2.53. The van der Waals surface area contributed by atoms with Crippen LogP contribution in [0.15, 0.2) is 18.2 Å². The molecule has 0 radical (unpaired) electrons. The summed E-state index contributed by atoms with van der Waals surface area (Å²) in [6, 6.07) is 4.58. The third-order valence-corrected chi connectivity index (χ3v) is 3.13. The zero-order valence-electron chi connectivity index (χ0n) is 15.1. The van der Waals surface area contributed by atoms with Crippen LogP contribution in [0.4, 0.5) is 10.5 Å². The van der Waals surface area contributed by atoms with Crippen LogP contribution in [-0.2, 0) is 25.5 Å². The van der Waals surface area contributed by atoms with Crippen molar-refractivity contribution in [2.24, 2.45) is 0 Å². The van der Waals surface area contributed by atoms with Crippen LogP contribution in [0.25, 0.3) is 0 Å². The highest BCUT2D eigenvalue weighted by Gasteiger charge is 2.25. The lowest BCUT2D eigenvalue weighted by atomic mass is 10.1. The summed E-state index contributed by atoms with van der Waals surface area (Å²) < 4.78 is 14.5. The van der Waals surface area contributed by atoms with Gasteiger partial charge in [0.05, 0.1) is 26.3 Å². The average molecular weight is 352 g/mol. The minimum absolute atomic E-state index is 0.0251. The van der Waals surface area contributed by atoms with E-state index < -0.39 is 23.6 Å². The molecule has 1 amide bonds. The molecule has 1 aromatic rings. The predicted molar refractivity (Wildman–Crippen MR) is 90.9 cm³/mol. The topological polar surface area (TPSA) is 108 Å². The van der Waals surface area contributed by atoms with Gasteiger partial charge in [-0.1, -0.05) is 6.07 Å². The zero-order chi connectivity index (χ0) is 19.2. The number of nitrogens with zero attached hydrogens (tertiary/aromatic N) is 1. The molecule has 0 saturated carbocycles. The molecule has 0 bridgehead atoms. The Morgan fingerprint density at radius 3 is 2.24 bits per heavy atom. The first-order chi connectivity index (χ1) is 11.6. The second kappa shape index (κ2) is 8.36. The molecule has 0 saturated heterocycles. The van der Waals surface area contributed by atoms with Crippen molar-refractivity contribution in [2.45, 2.75) is 32.9 Å². The van der Waals surface area contributed by atoms with Crippen molar-refractivity contribution in [1.29, 1.82) is 0 Å². The Morgan fingerprint density at radius 1 is 1.12 bits per heavy atom. The van der Waals surface area contributed by atoms with Crippen molar-refractivity contribution in [2.75, 3.05) is 26.5 Å². The Bertz CT molecular complexity index is 651. The van der Waals surface area contributed by atoms with Crippen LogP contribution < -0.4 is 5.73 Å². The molecule has 2 N–H and O–H groups in total. The van der Waals surface area contributed by atoms with Crippen LogP contribution in [0.3, 0.4) is 0 Å². The number of amides is 1. The lowest BCUT2D eigenvalue weighted by Crippen LogP contribution is -2.39. The molecule has 0 heterocycles. The highest BCUT2D eigenvalue weighted by Crippen LogP contribution is 2.19. The molecule has 8 heteroatoms. The maximum absolute atomic E-state index is 12.3. The molecule has 0 fully saturated rings. The fraction of sp³-hybridized carbons (Fsp3) is 0.471. The normalized spacial score (nSPS) is 10.8. The highest BCUT2D eigenvalue weighted by atomic mass is 16.6. The van der Waals surface area contributed by atoms with Gasteiger partial charge >= 0.3 is 18.0 Å². The Kier molecular flexibility index (Phi) is 6.78. The Labute approximate surface area is 146 Å². The van der Waals surface area contributed by atoms with Gasteiger partial charge in [0, 0.05) is 5.69 Å². The van der Waals surface area contributed by atoms with Crippen LogP contribution in [0.2, 0.25) is 0 Å². The summed E-state index contributed by atoms with van der Waals surface area (Å²) in [7, 11) is 2.50. The number of carbonyl (C=O) groups excluding carboxylic acids is 3.